The molecular formula is C22H16BrN3O5. The van der Waals surface area contributed by atoms with E-state index in [0.717, 1.165) is 11.1 Å². The normalized spacial score (nSPS) is 10.9. The van der Waals surface area contributed by atoms with Crippen molar-refractivity contribution >= 4 is 44.3 Å². The standard InChI is InChI=1S/C22H16BrN3O5/c1-11-7-18-20(8-12(11)2)31-22(25-18)16-9-13(3-6-19(16)27)24-21(28)15-10-14(26(29)30)4-5-17(15)23/h3-10,27H,1-2H3,(H,24,28). The van der Waals surface area contributed by atoms with E-state index in [2.05, 4.69) is 26.2 Å². The lowest BCUT2D eigenvalue weighted by Crippen LogP contribution is -2.13. The molecule has 2 N–H and O–H groups in total. The van der Waals surface area contributed by atoms with Gasteiger partial charge in [0.05, 0.1) is 16.1 Å². The molecule has 0 aliphatic rings. The summed E-state index contributed by atoms with van der Waals surface area (Å²) < 4.78 is 6.23. The van der Waals surface area contributed by atoms with Gasteiger partial charge in [-0.3, -0.25) is 14.9 Å². The third kappa shape index (κ3) is 3.99. The van der Waals surface area contributed by atoms with E-state index in [1.54, 1.807) is 0 Å². The molecule has 9 heteroatoms. The van der Waals surface area contributed by atoms with Crippen LogP contribution in [0.15, 0.2) is 57.4 Å². The Morgan fingerprint density at radius 2 is 1.87 bits per heavy atom. The molecule has 0 atom stereocenters. The van der Waals surface area contributed by atoms with Crippen LogP contribution in [-0.2, 0) is 0 Å². The molecule has 156 valence electrons. The molecule has 4 aromatic rings. The number of hydrogen-bond donors (Lipinski definition) is 2. The molecule has 0 saturated carbocycles. The van der Waals surface area contributed by atoms with Crippen molar-refractivity contribution in [1.29, 1.82) is 0 Å². The van der Waals surface area contributed by atoms with Crippen LogP contribution in [0.4, 0.5) is 11.4 Å². The zero-order chi connectivity index (χ0) is 22.3. The fourth-order valence-corrected chi connectivity index (χ4v) is 3.51. The molecule has 1 aromatic heterocycles. The molecule has 4 rings (SSSR count). The van der Waals surface area contributed by atoms with Crippen LogP contribution in [0.1, 0.15) is 21.5 Å². The number of aromatic hydroxyl groups is 1. The van der Waals surface area contributed by atoms with Crippen molar-refractivity contribution in [2.24, 2.45) is 0 Å². The lowest BCUT2D eigenvalue weighted by molar-refractivity contribution is -0.384. The maximum absolute atomic E-state index is 12.7. The van der Waals surface area contributed by atoms with Crippen molar-refractivity contribution in [3.05, 3.63) is 79.8 Å². The monoisotopic (exact) mass is 481 g/mol. The summed E-state index contributed by atoms with van der Waals surface area (Å²) >= 11 is 3.24. The zero-order valence-corrected chi connectivity index (χ0v) is 18.1. The first-order valence-corrected chi connectivity index (χ1v) is 9.98. The van der Waals surface area contributed by atoms with E-state index < -0.39 is 10.8 Å². The lowest BCUT2D eigenvalue weighted by atomic mass is 10.1. The number of benzene rings is 3. The molecule has 0 saturated heterocycles. The van der Waals surface area contributed by atoms with E-state index in [9.17, 15) is 20.0 Å². The molecule has 0 radical (unpaired) electrons. The summed E-state index contributed by atoms with van der Waals surface area (Å²) in [4.78, 5) is 27.6. The number of oxazole rings is 1. The molecule has 8 nitrogen and oxygen atoms in total. The van der Waals surface area contributed by atoms with E-state index in [4.69, 9.17) is 4.42 Å². The van der Waals surface area contributed by atoms with Gasteiger partial charge in [-0.2, -0.15) is 0 Å². The van der Waals surface area contributed by atoms with Crippen LogP contribution in [0, 0.1) is 24.0 Å². The molecule has 1 amide bonds. The van der Waals surface area contributed by atoms with Crippen LogP contribution < -0.4 is 5.32 Å². The molecule has 0 aliphatic carbocycles. The van der Waals surface area contributed by atoms with Gasteiger partial charge in [0.15, 0.2) is 5.58 Å². The van der Waals surface area contributed by atoms with Crippen molar-refractivity contribution in [2.45, 2.75) is 13.8 Å². The molecule has 0 unspecified atom stereocenters. The third-order valence-electron chi connectivity index (χ3n) is 4.89. The number of phenols is 1. The Morgan fingerprint density at radius 3 is 2.61 bits per heavy atom. The average molecular weight is 482 g/mol. The highest BCUT2D eigenvalue weighted by Gasteiger charge is 2.18. The summed E-state index contributed by atoms with van der Waals surface area (Å²) in [6.45, 7) is 3.94. The van der Waals surface area contributed by atoms with Gasteiger partial charge in [-0.1, -0.05) is 0 Å². The van der Waals surface area contributed by atoms with Crippen LogP contribution in [0.5, 0.6) is 5.75 Å². The minimum absolute atomic E-state index is 0.0606. The number of amides is 1. The molecule has 0 fully saturated rings. The van der Waals surface area contributed by atoms with Gasteiger partial charge >= 0.3 is 0 Å². The first-order chi connectivity index (χ1) is 14.7. The van der Waals surface area contributed by atoms with Gasteiger partial charge < -0.3 is 14.8 Å². The number of rotatable bonds is 4. The summed E-state index contributed by atoms with van der Waals surface area (Å²) in [7, 11) is 0. The molecule has 3 aromatic carbocycles. The van der Waals surface area contributed by atoms with Gasteiger partial charge in [0.2, 0.25) is 5.89 Å². The minimum atomic E-state index is -0.571. The number of fused-ring (bicyclic) bond motifs is 1. The lowest BCUT2D eigenvalue weighted by Gasteiger charge is -2.09. The number of nitrogens with one attached hydrogen (secondary N) is 1. The fourth-order valence-electron chi connectivity index (χ4n) is 3.08. The second kappa shape index (κ2) is 7.84. The molecule has 0 bridgehead atoms. The van der Waals surface area contributed by atoms with Gasteiger partial charge in [-0.25, -0.2) is 4.98 Å². The number of nitrogens with zero attached hydrogens (tertiary/aromatic N) is 2. The van der Waals surface area contributed by atoms with Crippen molar-refractivity contribution in [3.8, 4) is 17.2 Å². The van der Waals surface area contributed by atoms with Crippen LogP contribution >= 0.6 is 15.9 Å². The third-order valence-corrected chi connectivity index (χ3v) is 5.59. The summed E-state index contributed by atoms with van der Waals surface area (Å²) in [5.74, 6) is -0.393. The van der Waals surface area contributed by atoms with E-state index in [-0.39, 0.29) is 22.9 Å². The van der Waals surface area contributed by atoms with Crippen molar-refractivity contribution in [2.75, 3.05) is 5.32 Å². The Balaban J connectivity index is 1.68. The van der Waals surface area contributed by atoms with Crippen LogP contribution in [0.25, 0.3) is 22.6 Å². The van der Waals surface area contributed by atoms with E-state index in [1.165, 1.54) is 36.4 Å². The predicted octanol–water partition coefficient (Wildman–Crippen LogP) is 5.74. The molecule has 0 spiro atoms. The SMILES string of the molecule is Cc1cc2nc(-c3cc(NC(=O)c4cc([N+](=O)[O-])ccc4Br)ccc3O)oc2cc1C. The number of aromatic nitrogens is 1. The van der Waals surface area contributed by atoms with Crippen molar-refractivity contribution in [1.82, 2.24) is 4.98 Å². The van der Waals surface area contributed by atoms with Gasteiger partial charge in [0.1, 0.15) is 11.3 Å². The van der Waals surface area contributed by atoms with E-state index >= 15 is 0 Å². The summed E-state index contributed by atoms with van der Waals surface area (Å²) in [5.41, 5.74) is 3.96. The highest BCUT2D eigenvalue weighted by molar-refractivity contribution is 9.10. The van der Waals surface area contributed by atoms with Crippen LogP contribution in [-0.4, -0.2) is 20.9 Å². The maximum atomic E-state index is 12.7. The number of nitro groups is 1. The first kappa shape index (κ1) is 20.5. The Morgan fingerprint density at radius 1 is 1.13 bits per heavy atom. The highest BCUT2D eigenvalue weighted by atomic mass is 79.9. The van der Waals surface area contributed by atoms with Gasteiger partial charge in [-0.05, 0) is 77.3 Å². The number of phenolic OH excluding ortho intramolecular Hbond substituents is 1. The maximum Gasteiger partial charge on any atom is 0.270 e. The van der Waals surface area contributed by atoms with E-state index in [1.807, 2.05) is 26.0 Å². The largest absolute Gasteiger partial charge is 0.507 e. The van der Waals surface area contributed by atoms with Crippen molar-refractivity contribution in [3.63, 3.8) is 0 Å². The number of aryl methyl sites for hydroxylation is 2. The van der Waals surface area contributed by atoms with Gasteiger partial charge in [0, 0.05) is 22.3 Å². The Labute approximate surface area is 184 Å². The molecule has 0 aliphatic heterocycles. The number of hydrogen-bond acceptors (Lipinski definition) is 6. The van der Waals surface area contributed by atoms with Crippen LogP contribution in [0.3, 0.4) is 0 Å². The summed E-state index contributed by atoms with van der Waals surface area (Å²) in [6, 6.07) is 12.2. The highest BCUT2D eigenvalue weighted by Crippen LogP contribution is 2.34. The zero-order valence-electron chi connectivity index (χ0n) is 16.5. The molecule has 31 heavy (non-hydrogen) atoms. The predicted molar refractivity (Wildman–Crippen MR) is 119 cm³/mol. The number of non-ortho nitro benzene ring substituents is 1. The smallest absolute Gasteiger partial charge is 0.270 e. The van der Waals surface area contributed by atoms with Crippen LogP contribution in [0.2, 0.25) is 0 Å². The number of carbonyl (C=O) groups is 1. The van der Waals surface area contributed by atoms with Crippen molar-refractivity contribution < 1.29 is 19.2 Å². The molecule has 1 heterocycles. The van der Waals surface area contributed by atoms with Gasteiger partial charge in [0.25, 0.3) is 11.6 Å². The quantitative estimate of drug-likeness (QED) is 0.218. The Hall–Kier alpha value is -3.72. The first-order valence-electron chi connectivity index (χ1n) is 9.19. The Bertz CT molecular complexity index is 1320. The topological polar surface area (TPSA) is 118 Å². The number of carbonyl (C=O) groups excluding carboxylic acids is 1. The fraction of sp³-hybridized carbons (Fsp3) is 0.0909. The van der Waals surface area contributed by atoms with E-state index in [0.29, 0.717) is 26.8 Å². The number of halogens is 1. The number of anilines is 1. The molecular weight excluding hydrogens is 466 g/mol. The second-order valence-corrected chi connectivity index (χ2v) is 7.88. The second-order valence-electron chi connectivity index (χ2n) is 7.03. The average Bonchev–Trinajstić information content (AvgIpc) is 3.12. The minimum Gasteiger partial charge on any atom is -0.507 e. The van der Waals surface area contributed by atoms with Gasteiger partial charge in [-0.15, -0.1) is 0 Å². The number of nitro benzene ring substituents is 1. The summed E-state index contributed by atoms with van der Waals surface area (Å²) in [6.07, 6.45) is 0. The summed E-state index contributed by atoms with van der Waals surface area (Å²) in [5, 5.41) is 24.0. The Kier molecular flexibility index (Phi) is 5.20.